The van der Waals surface area contributed by atoms with E-state index in [1.54, 1.807) is 6.20 Å². The van der Waals surface area contributed by atoms with E-state index in [1.165, 1.54) is 0 Å². The van der Waals surface area contributed by atoms with Crippen molar-refractivity contribution in [2.24, 2.45) is 0 Å². The van der Waals surface area contributed by atoms with Crippen molar-refractivity contribution in [3.05, 3.63) is 66.1 Å². The Morgan fingerprint density at radius 1 is 1.11 bits per heavy atom. The second-order valence-electron chi connectivity index (χ2n) is 4.16. The Balaban J connectivity index is 1.65. The number of para-hydroxylation sites is 1. The number of allylic oxidation sites excluding steroid dienone is 1. The Morgan fingerprint density at radius 3 is 2.72 bits per heavy atom. The van der Waals surface area contributed by atoms with Gasteiger partial charge in [-0.1, -0.05) is 18.2 Å². The monoisotopic (exact) mass is 239 g/mol. The van der Waals surface area contributed by atoms with Crippen molar-refractivity contribution in [3.8, 4) is 0 Å². The van der Waals surface area contributed by atoms with E-state index >= 15 is 0 Å². The first kappa shape index (κ1) is 10.7. The first-order valence-electron chi connectivity index (χ1n) is 5.80. The van der Waals surface area contributed by atoms with E-state index in [2.05, 4.69) is 10.9 Å². The molecule has 0 radical (unpaired) electrons. The van der Waals surface area contributed by atoms with Gasteiger partial charge in [0.25, 0.3) is 0 Å². The highest BCUT2D eigenvalue weighted by molar-refractivity contribution is 6.09. The van der Waals surface area contributed by atoms with E-state index in [0.29, 0.717) is 6.54 Å². The molecule has 1 aromatic heterocycles. The van der Waals surface area contributed by atoms with Crippen molar-refractivity contribution < 1.29 is 4.79 Å². The molecular weight excluding hydrogens is 226 g/mol. The summed E-state index contributed by atoms with van der Waals surface area (Å²) >= 11 is 0. The van der Waals surface area contributed by atoms with Crippen molar-refractivity contribution in [2.75, 3.05) is 5.43 Å². The van der Waals surface area contributed by atoms with E-state index in [-0.39, 0.29) is 5.78 Å². The summed E-state index contributed by atoms with van der Waals surface area (Å²) in [5.74, 6) is 0.0855. The lowest BCUT2D eigenvalue weighted by atomic mass is 10.2. The molecule has 18 heavy (non-hydrogen) atoms. The smallest absolute Gasteiger partial charge is 0.208 e. The van der Waals surface area contributed by atoms with Crippen molar-refractivity contribution in [3.63, 3.8) is 0 Å². The minimum Gasteiger partial charge on any atom is -0.340 e. The number of hydrazine groups is 1. The zero-order chi connectivity index (χ0) is 12.4. The highest BCUT2D eigenvalue weighted by Crippen LogP contribution is 2.19. The van der Waals surface area contributed by atoms with Crippen LogP contribution in [0.15, 0.2) is 60.4 Å². The minimum absolute atomic E-state index is 0.0855. The molecule has 1 aliphatic rings. The van der Waals surface area contributed by atoms with Crippen LogP contribution in [0.5, 0.6) is 0 Å². The lowest BCUT2D eigenvalue weighted by Crippen LogP contribution is -2.16. The Hall–Kier alpha value is -2.49. The van der Waals surface area contributed by atoms with Gasteiger partial charge in [0.1, 0.15) is 0 Å². The predicted molar refractivity (Wildman–Crippen MR) is 70.0 cm³/mol. The van der Waals surface area contributed by atoms with E-state index < -0.39 is 0 Å². The number of carbonyl (C=O) groups is 1. The molecule has 1 aliphatic heterocycles. The number of benzene rings is 1. The Labute approximate surface area is 105 Å². The number of ketones is 1. The molecule has 0 aliphatic carbocycles. The summed E-state index contributed by atoms with van der Waals surface area (Å²) < 4.78 is 1.94. The Kier molecular flexibility index (Phi) is 2.61. The Morgan fingerprint density at radius 2 is 1.94 bits per heavy atom. The highest BCUT2D eigenvalue weighted by Gasteiger charge is 2.23. The number of nitrogens with zero attached hydrogens (tertiary/aromatic N) is 1. The Bertz CT molecular complexity index is 599. The summed E-state index contributed by atoms with van der Waals surface area (Å²) in [6.45, 7) is 0.630. The molecule has 0 spiro atoms. The second-order valence-corrected chi connectivity index (χ2v) is 4.16. The molecule has 0 saturated carbocycles. The average Bonchev–Trinajstić information content (AvgIpc) is 2.96. The van der Waals surface area contributed by atoms with Gasteiger partial charge in [0.15, 0.2) is 0 Å². The lowest BCUT2D eigenvalue weighted by molar-refractivity contribution is 0.103. The zero-order valence-corrected chi connectivity index (χ0v) is 9.76. The first-order valence-corrected chi connectivity index (χ1v) is 5.80. The van der Waals surface area contributed by atoms with Gasteiger partial charge in [-0.3, -0.25) is 4.79 Å². The molecule has 4 heteroatoms. The summed E-state index contributed by atoms with van der Waals surface area (Å²) in [5.41, 5.74) is 8.44. The molecule has 4 nitrogen and oxygen atoms in total. The number of anilines is 1. The molecule has 0 fully saturated rings. The number of fused-ring (bicyclic) bond motifs is 1. The molecule has 0 saturated heterocycles. The average molecular weight is 239 g/mol. The number of hydrogen-bond donors (Lipinski definition) is 2. The van der Waals surface area contributed by atoms with Gasteiger partial charge in [0.2, 0.25) is 5.78 Å². The largest absolute Gasteiger partial charge is 0.340 e. The third-order valence-electron chi connectivity index (χ3n) is 2.93. The predicted octanol–water partition coefficient (Wildman–Crippen LogP) is 2.18. The maximum atomic E-state index is 11.9. The molecule has 2 heterocycles. The molecule has 3 rings (SSSR count). The van der Waals surface area contributed by atoms with Crippen LogP contribution in [0.25, 0.3) is 0 Å². The molecule has 2 N–H and O–H groups in total. The van der Waals surface area contributed by atoms with Gasteiger partial charge >= 0.3 is 0 Å². The van der Waals surface area contributed by atoms with Crippen LogP contribution in [0.3, 0.4) is 0 Å². The maximum Gasteiger partial charge on any atom is 0.208 e. The van der Waals surface area contributed by atoms with Gasteiger partial charge in [-0.25, -0.2) is 0 Å². The lowest BCUT2D eigenvalue weighted by Gasteiger charge is -2.05. The number of nitrogens with one attached hydrogen (secondary N) is 2. The third kappa shape index (κ3) is 1.88. The minimum atomic E-state index is 0.0855. The number of rotatable bonds is 3. The molecule has 90 valence electrons. The fourth-order valence-electron chi connectivity index (χ4n) is 2.02. The molecule has 1 aromatic carbocycles. The van der Waals surface area contributed by atoms with Crippen molar-refractivity contribution in [1.29, 1.82) is 0 Å². The molecule has 0 unspecified atom stereocenters. The molecule has 0 bridgehead atoms. The highest BCUT2D eigenvalue weighted by atomic mass is 16.1. The van der Waals surface area contributed by atoms with Crippen LogP contribution >= 0.6 is 0 Å². The van der Waals surface area contributed by atoms with Gasteiger partial charge in [-0.05, 0) is 24.3 Å². The summed E-state index contributed by atoms with van der Waals surface area (Å²) in [7, 11) is 0. The van der Waals surface area contributed by atoms with Gasteiger partial charge in [-0.15, -0.1) is 0 Å². The zero-order valence-electron chi connectivity index (χ0n) is 9.76. The molecule has 2 aromatic rings. The number of hydrogen-bond acceptors (Lipinski definition) is 3. The maximum absolute atomic E-state index is 11.9. The number of aromatic nitrogens is 1. The number of Topliss-reactive ketones (excluding diaryl/α,β-unsaturated/α-hetero) is 1. The van der Waals surface area contributed by atoms with Crippen molar-refractivity contribution in [2.45, 2.75) is 6.54 Å². The van der Waals surface area contributed by atoms with Crippen LogP contribution in [0.1, 0.15) is 10.5 Å². The topological polar surface area (TPSA) is 46.1 Å². The third-order valence-corrected chi connectivity index (χ3v) is 2.93. The molecule has 0 amide bonds. The fourth-order valence-corrected chi connectivity index (χ4v) is 2.02. The summed E-state index contributed by atoms with van der Waals surface area (Å²) in [6.07, 6.45) is 3.64. The SMILES string of the molecule is O=C1/C(=C\NNc2ccccc2)Cn2cccc21. The van der Waals surface area contributed by atoms with Gasteiger partial charge in [-0.2, -0.15) is 0 Å². The summed E-state index contributed by atoms with van der Waals surface area (Å²) in [6, 6.07) is 13.5. The van der Waals surface area contributed by atoms with E-state index in [9.17, 15) is 4.79 Å². The fraction of sp³-hybridized carbons (Fsp3) is 0.0714. The van der Waals surface area contributed by atoms with Crippen molar-refractivity contribution in [1.82, 2.24) is 9.99 Å². The second kappa shape index (κ2) is 4.41. The van der Waals surface area contributed by atoms with Crippen LogP contribution in [-0.4, -0.2) is 10.4 Å². The molecular formula is C14H13N3O. The van der Waals surface area contributed by atoms with Crippen LogP contribution in [0, 0.1) is 0 Å². The normalized spacial score (nSPS) is 15.8. The molecule has 0 atom stereocenters. The van der Waals surface area contributed by atoms with Crippen LogP contribution in [0.4, 0.5) is 5.69 Å². The van der Waals surface area contributed by atoms with Gasteiger partial charge < -0.3 is 15.4 Å². The number of carbonyl (C=O) groups excluding carboxylic acids is 1. The van der Waals surface area contributed by atoms with E-state index in [1.807, 2.05) is 53.2 Å². The van der Waals surface area contributed by atoms with Gasteiger partial charge in [0, 0.05) is 18.0 Å². The first-order chi connectivity index (χ1) is 8.84. The van der Waals surface area contributed by atoms with Gasteiger partial charge in [0.05, 0.1) is 17.9 Å². The van der Waals surface area contributed by atoms with E-state index in [4.69, 9.17) is 0 Å². The summed E-state index contributed by atoms with van der Waals surface area (Å²) in [5, 5.41) is 0. The van der Waals surface area contributed by atoms with Crippen LogP contribution < -0.4 is 10.9 Å². The standard InChI is InChI=1S/C14H13N3O/c18-14-11(10-17-8-4-7-13(14)17)9-15-16-12-5-2-1-3-6-12/h1-9,15-16H,10H2/b11-9-. The van der Waals surface area contributed by atoms with Crippen LogP contribution in [0.2, 0.25) is 0 Å². The van der Waals surface area contributed by atoms with E-state index in [0.717, 1.165) is 17.0 Å². The summed E-state index contributed by atoms with van der Waals surface area (Å²) in [4.78, 5) is 11.9. The van der Waals surface area contributed by atoms with Crippen LogP contribution in [-0.2, 0) is 6.54 Å². The quantitative estimate of drug-likeness (QED) is 0.637. The van der Waals surface area contributed by atoms with Crippen molar-refractivity contribution >= 4 is 11.5 Å².